The highest BCUT2D eigenvalue weighted by Crippen LogP contribution is 2.27. The summed E-state index contributed by atoms with van der Waals surface area (Å²) in [5.74, 6) is -0.288. The van der Waals surface area contributed by atoms with E-state index in [-0.39, 0.29) is 11.8 Å². The first-order valence-electron chi connectivity index (χ1n) is 11.2. The molecule has 34 heavy (non-hydrogen) atoms. The number of aryl methyl sites for hydroxylation is 2. The van der Waals surface area contributed by atoms with Crippen LogP contribution in [-0.4, -0.2) is 41.1 Å². The highest BCUT2D eigenvalue weighted by molar-refractivity contribution is 7.89. The van der Waals surface area contributed by atoms with E-state index >= 15 is 0 Å². The lowest BCUT2D eigenvalue weighted by molar-refractivity contribution is -0.120. The molecule has 0 bridgehead atoms. The topological polar surface area (TPSA) is 83.8 Å². The molecule has 3 heterocycles. The SMILES string of the molecule is Cc1ccc(S(=O)(=O)N2CCC(C(=O)Nc3ccc(-c4cn5ccsc5n4)cc3)CC2)cc1C. The number of amides is 1. The van der Waals surface area contributed by atoms with Gasteiger partial charge in [0.25, 0.3) is 0 Å². The van der Waals surface area contributed by atoms with E-state index < -0.39 is 10.0 Å². The fourth-order valence-electron chi connectivity index (χ4n) is 4.22. The Balaban J connectivity index is 1.19. The van der Waals surface area contributed by atoms with Gasteiger partial charge < -0.3 is 5.32 Å². The van der Waals surface area contributed by atoms with E-state index in [9.17, 15) is 13.2 Å². The third-order valence-electron chi connectivity index (χ3n) is 6.48. The van der Waals surface area contributed by atoms with Crippen molar-refractivity contribution in [2.75, 3.05) is 18.4 Å². The molecule has 1 N–H and O–H groups in total. The van der Waals surface area contributed by atoms with Gasteiger partial charge >= 0.3 is 0 Å². The zero-order chi connectivity index (χ0) is 23.9. The van der Waals surface area contributed by atoms with E-state index in [1.165, 1.54) is 4.31 Å². The van der Waals surface area contributed by atoms with Gasteiger partial charge in [-0.3, -0.25) is 9.20 Å². The van der Waals surface area contributed by atoms with Gasteiger partial charge in [-0.2, -0.15) is 4.31 Å². The van der Waals surface area contributed by atoms with Crippen LogP contribution in [-0.2, 0) is 14.8 Å². The first kappa shape index (κ1) is 22.8. The lowest BCUT2D eigenvalue weighted by Crippen LogP contribution is -2.41. The molecule has 1 aliphatic rings. The van der Waals surface area contributed by atoms with Crippen molar-refractivity contribution in [3.8, 4) is 11.3 Å². The third kappa shape index (κ3) is 4.38. The van der Waals surface area contributed by atoms with Crippen molar-refractivity contribution < 1.29 is 13.2 Å². The average molecular weight is 495 g/mol. The molecule has 1 fully saturated rings. The molecule has 1 aliphatic heterocycles. The van der Waals surface area contributed by atoms with Gasteiger partial charge in [-0.1, -0.05) is 18.2 Å². The Kier molecular flexibility index (Phi) is 6.01. The fourth-order valence-corrected chi connectivity index (χ4v) is 6.47. The number of nitrogens with zero attached hydrogens (tertiary/aromatic N) is 3. The molecule has 0 unspecified atom stereocenters. The Morgan fingerprint density at radius 1 is 1.06 bits per heavy atom. The van der Waals surface area contributed by atoms with E-state index in [0.717, 1.165) is 33.0 Å². The second-order valence-corrected chi connectivity index (χ2v) is 11.5. The molecule has 0 radical (unpaired) electrons. The van der Waals surface area contributed by atoms with Crippen molar-refractivity contribution in [2.45, 2.75) is 31.6 Å². The van der Waals surface area contributed by atoms with Gasteiger partial charge in [0.1, 0.15) is 0 Å². The van der Waals surface area contributed by atoms with Crippen LogP contribution in [0.25, 0.3) is 16.2 Å². The average Bonchev–Trinajstić information content (AvgIpc) is 3.44. The minimum atomic E-state index is -3.55. The van der Waals surface area contributed by atoms with Crippen LogP contribution in [0.1, 0.15) is 24.0 Å². The molecule has 0 atom stereocenters. The first-order valence-corrected chi connectivity index (χ1v) is 13.5. The summed E-state index contributed by atoms with van der Waals surface area (Å²) in [5.41, 5.74) is 4.61. The Labute approximate surface area is 203 Å². The van der Waals surface area contributed by atoms with Gasteiger partial charge in [0.05, 0.1) is 10.6 Å². The van der Waals surface area contributed by atoms with Crippen molar-refractivity contribution in [2.24, 2.45) is 5.92 Å². The summed E-state index contributed by atoms with van der Waals surface area (Å²) in [6, 6.07) is 12.9. The number of anilines is 1. The Morgan fingerprint density at radius 2 is 1.79 bits per heavy atom. The molecule has 1 saturated heterocycles. The molecule has 5 rings (SSSR count). The quantitative estimate of drug-likeness (QED) is 0.435. The van der Waals surface area contributed by atoms with E-state index in [2.05, 4.69) is 10.3 Å². The molecule has 0 saturated carbocycles. The van der Waals surface area contributed by atoms with Crippen molar-refractivity contribution in [3.05, 3.63) is 71.4 Å². The smallest absolute Gasteiger partial charge is 0.243 e. The third-order valence-corrected chi connectivity index (χ3v) is 9.15. The number of rotatable bonds is 5. The molecule has 2 aromatic heterocycles. The van der Waals surface area contributed by atoms with Crippen molar-refractivity contribution in [1.82, 2.24) is 13.7 Å². The molecule has 7 nitrogen and oxygen atoms in total. The molecule has 0 aliphatic carbocycles. The maximum absolute atomic E-state index is 13.0. The van der Waals surface area contributed by atoms with Crippen LogP contribution in [0.2, 0.25) is 0 Å². The lowest BCUT2D eigenvalue weighted by Gasteiger charge is -2.30. The molecule has 176 valence electrons. The van der Waals surface area contributed by atoms with Crippen LogP contribution in [0.4, 0.5) is 5.69 Å². The molecule has 2 aromatic carbocycles. The van der Waals surface area contributed by atoms with Crippen molar-refractivity contribution in [3.63, 3.8) is 0 Å². The highest BCUT2D eigenvalue weighted by atomic mass is 32.2. The minimum Gasteiger partial charge on any atom is -0.326 e. The number of carbonyl (C=O) groups is 1. The fraction of sp³-hybridized carbons (Fsp3) is 0.280. The van der Waals surface area contributed by atoms with Gasteiger partial charge in [-0.05, 0) is 62.1 Å². The molecular weight excluding hydrogens is 468 g/mol. The second kappa shape index (κ2) is 8.98. The number of hydrogen-bond donors (Lipinski definition) is 1. The van der Waals surface area contributed by atoms with Gasteiger partial charge in [-0.25, -0.2) is 13.4 Å². The largest absolute Gasteiger partial charge is 0.326 e. The van der Waals surface area contributed by atoms with Gasteiger partial charge in [0.2, 0.25) is 15.9 Å². The normalized spacial score (nSPS) is 15.6. The highest BCUT2D eigenvalue weighted by Gasteiger charge is 2.32. The predicted molar refractivity (Wildman–Crippen MR) is 135 cm³/mol. The Morgan fingerprint density at radius 3 is 2.47 bits per heavy atom. The van der Waals surface area contributed by atoms with Crippen LogP contribution in [0.3, 0.4) is 0 Å². The standard InChI is InChI=1S/C25H26N4O3S2/c1-17-3-8-22(15-18(17)2)34(31,32)29-11-9-20(10-12-29)24(30)26-21-6-4-19(5-7-21)23-16-28-13-14-33-25(28)27-23/h3-8,13-16,20H,9-12H2,1-2H3,(H,26,30). The van der Waals surface area contributed by atoms with Crippen LogP contribution < -0.4 is 5.32 Å². The second-order valence-electron chi connectivity index (χ2n) is 8.71. The van der Waals surface area contributed by atoms with Crippen LogP contribution >= 0.6 is 11.3 Å². The number of sulfonamides is 1. The Bertz CT molecular complexity index is 1420. The number of imidazole rings is 1. The minimum absolute atomic E-state index is 0.0708. The van der Waals surface area contributed by atoms with Crippen molar-refractivity contribution >= 4 is 37.9 Å². The van der Waals surface area contributed by atoms with E-state index in [4.69, 9.17) is 0 Å². The summed E-state index contributed by atoms with van der Waals surface area (Å²) in [6.07, 6.45) is 4.96. The number of fused-ring (bicyclic) bond motifs is 1. The van der Waals surface area contributed by atoms with Gasteiger partial charge in [0.15, 0.2) is 4.96 Å². The summed E-state index contributed by atoms with van der Waals surface area (Å²) in [4.78, 5) is 18.7. The number of piperidine rings is 1. The summed E-state index contributed by atoms with van der Waals surface area (Å²) in [6.45, 7) is 4.55. The molecule has 4 aromatic rings. The van der Waals surface area contributed by atoms with E-state index in [1.807, 2.05) is 66.4 Å². The zero-order valence-electron chi connectivity index (χ0n) is 19.1. The van der Waals surface area contributed by atoms with Gasteiger partial charge in [0, 0.05) is 48.0 Å². The number of carbonyl (C=O) groups excluding carboxylic acids is 1. The number of aromatic nitrogens is 2. The van der Waals surface area contributed by atoms with Crippen LogP contribution in [0, 0.1) is 19.8 Å². The van der Waals surface area contributed by atoms with E-state index in [0.29, 0.717) is 30.8 Å². The maximum Gasteiger partial charge on any atom is 0.243 e. The summed E-state index contributed by atoms with van der Waals surface area (Å²) >= 11 is 1.59. The van der Waals surface area contributed by atoms with Gasteiger partial charge in [-0.15, -0.1) is 11.3 Å². The molecule has 1 amide bonds. The Hall–Kier alpha value is -3.01. The van der Waals surface area contributed by atoms with Crippen LogP contribution in [0.5, 0.6) is 0 Å². The summed E-state index contributed by atoms with van der Waals surface area (Å²) in [7, 11) is -3.55. The monoisotopic (exact) mass is 494 g/mol. The predicted octanol–water partition coefficient (Wildman–Crippen LogP) is 4.72. The molecular formula is C25H26N4O3S2. The summed E-state index contributed by atoms with van der Waals surface area (Å²) in [5, 5.41) is 4.97. The first-order chi connectivity index (χ1) is 16.3. The summed E-state index contributed by atoms with van der Waals surface area (Å²) < 4.78 is 29.5. The molecule has 0 spiro atoms. The number of nitrogens with one attached hydrogen (secondary N) is 1. The number of benzene rings is 2. The number of thiazole rings is 1. The lowest BCUT2D eigenvalue weighted by atomic mass is 9.97. The van der Waals surface area contributed by atoms with Crippen LogP contribution in [0.15, 0.2) is 65.1 Å². The number of hydrogen-bond acceptors (Lipinski definition) is 5. The zero-order valence-corrected chi connectivity index (χ0v) is 20.7. The maximum atomic E-state index is 13.0. The van der Waals surface area contributed by atoms with E-state index in [1.54, 1.807) is 23.5 Å². The molecule has 9 heteroatoms. The van der Waals surface area contributed by atoms with Crippen molar-refractivity contribution in [1.29, 1.82) is 0 Å².